The van der Waals surface area contributed by atoms with Gasteiger partial charge in [0, 0.05) is 26.6 Å². The number of hydrazone groups is 1. The summed E-state index contributed by atoms with van der Waals surface area (Å²) < 4.78 is 0.960. The van der Waals surface area contributed by atoms with Crippen LogP contribution in [0.15, 0.2) is 53.6 Å². The summed E-state index contributed by atoms with van der Waals surface area (Å²) in [6.07, 6.45) is 1.53. The van der Waals surface area contributed by atoms with Crippen LogP contribution in [0.1, 0.15) is 15.2 Å². The lowest BCUT2D eigenvalue weighted by Gasteiger charge is -1.97. The maximum Gasteiger partial charge on any atom is 0.283 e. The van der Waals surface area contributed by atoms with Gasteiger partial charge in [-0.05, 0) is 12.1 Å². The Kier molecular flexibility index (Phi) is 4.21. The topological polar surface area (TPSA) is 57.2 Å². The van der Waals surface area contributed by atoms with E-state index in [0.29, 0.717) is 15.1 Å². The van der Waals surface area contributed by atoms with Crippen molar-refractivity contribution in [1.29, 1.82) is 0 Å². The standard InChI is InChI=1S/C18H11Cl2N3OS/c19-15-11-6-2-4-8-14(11)25-16(15)18(24)23-21-9-12-10-5-1-3-7-13(10)22-17(12)20/h1-9,22H,(H,23,24)/b21-9-. The first-order valence-electron chi connectivity index (χ1n) is 7.42. The van der Waals surface area contributed by atoms with E-state index in [1.165, 1.54) is 17.6 Å². The minimum absolute atomic E-state index is 0.349. The second-order valence-corrected chi connectivity index (χ2v) is 7.15. The molecule has 0 aliphatic heterocycles. The van der Waals surface area contributed by atoms with Gasteiger partial charge in [-0.2, -0.15) is 5.10 Å². The average molecular weight is 388 g/mol. The maximum atomic E-state index is 12.4. The normalized spacial score (nSPS) is 11.6. The van der Waals surface area contributed by atoms with Gasteiger partial charge in [-0.25, -0.2) is 5.43 Å². The van der Waals surface area contributed by atoms with E-state index in [-0.39, 0.29) is 5.91 Å². The molecule has 0 aliphatic carbocycles. The highest BCUT2D eigenvalue weighted by Gasteiger charge is 2.16. The van der Waals surface area contributed by atoms with Crippen LogP contribution in [0.4, 0.5) is 0 Å². The van der Waals surface area contributed by atoms with Crippen molar-refractivity contribution in [3.63, 3.8) is 0 Å². The van der Waals surface area contributed by atoms with E-state index in [9.17, 15) is 4.79 Å². The minimum atomic E-state index is -0.349. The molecule has 7 heteroatoms. The highest BCUT2D eigenvalue weighted by molar-refractivity contribution is 7.21. The largest absolute Gasteiger partial charge is 0.345 e. The Morgan fingerprint density at radius 1 is 1.08 bits per heavy atom. The van der Waals surface area contributed by atoms with E-state index in [4.69, 9.17) is 23.2 Å². The third-order valence-corrected chi connectivity index (χ3v) is 5.77. The van der Waals surface area contributed by atoms with Gasteiger partial charge in [-0.1, -0.05) is 59.6 Å². The molecule has 0 aliphatic rings. The van der Waals surface area contributed by atoms with Crippen molar-refractivity contribution >= 4 is 67.6 Å². The summed E-state index contributed by atoms with van der Waals surface area (Å²) in [5.74, 6) is -0.349. The van der Waals surface area contributed by atoms with Crippen LogP contribution in [-0.2, 0) is 0 Å². The summed E-state index contributed by atoms with van der Waals surface area (Å²) in [6, 6.07) is 15.3. The molecule has 4 aromatic rings. The third kappa shape index (κ3) is 2.91. The number of hydrogen-bond donors (Lipinski definition) is 2. The molecule has 0 saturated heterocycles. The molecular weight excluding hydrogens is 377 g/mol. The lowest BCUT2D eigenvalue weighted by atomic mass is 10.2. The number of H-pyrrole nitrogens is 1. The monoisotopic (exact) mass is 387 g/mol. The molecular formula is C18H11Cl2N3OS. The van der Waals surface area contributed by atoms with E-state index in [0.717, 1.165) is 26.6 Å². The highest BCUT2D eigenvalue weighted by atomic mass is 35.5. The van der Waals surface area contributed by atoms with Crippen LogP contribution in [0.2, 0.25) is 10.2 Å². The minimum Gasteiger partial charge on any atom is -0.345 e. The lowest BCUT2D eigenvalue weighted by Crippen LogP contribution is -2.16. The molecule has 4 rings (SSSR count). The fraction of sp³-hybridized carbons (Fsp3) is 0. The Labute approximate surface area is 157 Å². The molecule has 0 saturated carbocycles. The third-order valence-electron chi connectivity index (χ3n) is 3.80. The van der Waals surface area contributed by atoms with Crippen molar-refractivity contribution in [3.05, 3.63) is 69.1 Å². The van der Waals surface area contributed by atoms with Crippen LogP contribution >= 0.6 is 34.5 Å². The second kappa shape index (κ2) is 6.52. The number of thiophene rings is 1. The first-order chi connectivity index (χ1) is 12.1. The molecule has 124 valence electrons. The number of nitrogens with one attached hydrogen (secondary N) is 2. The molecule has 0 atom stereocenters. The summed E-state index contributed by atoms with van der Waals surface area (Å²) in [4.78, 5) is 15.9. The number of amides is 1. The number of aromatic nitrogens is 1. The molecule has 2 N–H and O–H groups in total. The first kappa shape index (κ1) is 16.1. The van der Waals surface area contributed by atoms with Crippen LogP contribution in [0, 0.1) is 0 Å². The predicted molar refractivity (Wildman–Crippen MR) is 105 cm³/mol. The summed E-state index contributed by atoms with van der Waals surface area (Å²) in [5, 5.41) is 6.75. The van der Waals surface area contributed by atoms with Crippen LogP contribution in [0.3, 0.4) is 0 Å². The molecule has 0 radical (unpaired) electrons. The number of aromatic amines is 1. The highest BCUT2D eigenvalue weighted by Crippen LogP contribution is 2.35. The van der Waals surface area contributed by atoms with Crippen molar-refractivity contribution in [3.8, 4) is 0 Å². The summed E-state index contributed by atoms with van der Waals surface area (Å²) in [5.41, 5.74) is 4.15. The van der Waals surface area contributed by atoms with E-state index in [2.05, 4.69) is 15.5 Å². The summed E-state index contributed by atoms with van der Waals surface area (Å²) >= 11 is 13.8. The molecule has 0 unspecified atom stereocenters. The van der Waals surface area contributed by atoms with Crippen molar-refractivity contribution in [2.75, 3.05) is 0 Å². The number of fused-ring (bicyclic) bond motifs is 2. The number of carbonyl (C=O) groups is 1. The molecule has 0 spiro atoms. The van der Waals surface area contributed by atoms with Gasteiger partial charge < -0.3 is 4.98 Å². The van der Waals surface area contributed by atoms with Crippen LogP contribution in [0.5, 0.6) is 0 Å². The van der Waals surface area contributed by atoms with Gasteiger partial charge in [0.2, 0.25) is 0 Å². The van der Waals surface area contributed by atoms with Crippen molar-refractivity contribution in [2.45, 2.75) is 0 Å². The Balaban J connectivity index is 1.59. The first-order valence-corrected chi connectivity index (χ1v) is 8.99. The summed E-state index contributed by atoms with van der Waals surface area (Å²) in [7, 11) is 0. The Morgan fingerprint density at radius 3 is 2.60 bits per heavy atom. The number of halogens is 2. The van der Waals surface area contributed by atoms with Gasteiger partial charge in [0.25, 0.3) is 5.91 Å². The number of para-hydroxylation sites is 1. The number of rotatable bonds is 3. The fourth-order valence-corrected chi connectivity index (χ4v) is 4.28. The zero-order chi connectivity index (χ0) is 17.4. The van der Waals surface area contributed by atoms with E-state index in [1.807, 2.05) is 48.5 Å². The Hall–Kier alpha value is -2.34. The zero-order valence-electron chi connectivity index (χ0n) is 12.7. The van der Waals surface area contributed by atoms with Crippen molar-refractivity contribution in [1.82, 2.24) is 10.4 Å². The number of hydrogen-bond acceptors (Lipinski definition) is 3. The second-order valence-electron chi connectivity index (χ2n) is 5.34. The SMILES string of the molecule is O=C(N/N=C\c1c(Cl)[nH]c2ccccc12)c1sc2ccccc2c1Cl. The van der Waals surface area contributed by atoms with Gasteiger partial charge in [0.1, 0.15) is 10.0 Å². The Morgan fingerprint density at radius 2 is 1.80 bits per heavy atom. The number of nitrogens with zero attached hydrogens (tertiary/aromatic N) is 1. The van der Waals surface area contributed by atoms with Crippen LogP contribution < -0.4 is 5.43 Å². The van der Waals surface area contributed by atoms with E-state index < -0.39 is 0 Å². The smallest absolute Gasteiger partial charge is 0.283 e. The summed E-state index contributed by atoms with van der Waals surface area (Å²) in [6.45, 7) is 0. The quantitative estimate of drug-likeness (QED) is 0.356. The van der Waals surface area contributed by atoms with Gasteiger partial charge >= 0.3 is 0 Å². The number of benzene rings is 2. The van der Waals surface area contributed by atoms with Crippen molar-refractivity contribution in [2.24, 2.45) is 5.10 Å². The molecule has 2 heterocycles. The Bertz CT molecular complexity index is 1130. The zero-order valence-corrected chi connectivity index (χ0v) is 15.0. The molecule has 0 bridgehead atoms. The maximum absolute atomic E-state index is 12.4. The number of carbonyl (C=O) groups excluding carboxylic acids is 1. The molecule has 2 aromatic carbocycles. The molecule has 0 fully saturated rings. The van der Waals surface area contributed by atoms with Gasteiger partial charge in [-0.15, -0.1) is 11.3 Å². The van der Waals surface area contributed by atoms with Gasteiger partial charge in [0.15, 0.2) is 0 Å². The van der Waals surface area contributed by atoms with Crippen LogP contribution in [-0.4, -0.2) is 17.1 Å². The van der Waals surface area contributed by atoms with Crippen LogP contribution in [0.25, 0.3) is 21.0 Å². The molecule has 1 amide bonds. The fourth-order valence-electron chi connectivity index (χ4n) is 2.62. The predicted octanol–water partition coefficient (Wildman–Crippen LogP) is 5.45. The molecule has 25 heavy (non-hydrogen) atoms. The van der Waals surface area contributed by atoms with E-state index >= 15 is 0 Å². The van der Waals surface area contributed by atoms with Gasteiger partial charge in [0.05, 0.1) is 11.2 Å². The van der Waals surface area contributed by atoms with E-state index in [1.54, 1.807) is 0 Å². The molecule has 2 aromatic heterocycles. The van der Waals surface area contributed by atoms with Crippen molar-refractivity contribution < 1.29 is 4.79 Å². The average Bonchev–Trinajstić information content (AvgIpc) is 3.13. The lowest BCUT2D eigenvalue weighted by molar-refractivity contribution is 0.0959. The van der Waals surface area contributed by atoms with Gasteiger partial charge in [-0.3, -0.25) is 4.79 Å². The molecule has 4 nitrogen and oxygen atoms in total.